The van der Waals surface area contributed by atoms with Gasteiger partial charge in [0, 0.05) is 16.6 Å². The van der Waals surface area contributed by atoms with Crippen LogP contribution in [0.3, 0.4) is 0 Å². The van der Waals surface area contributed by atoms with E-state index in [1.165, 1.54) is 18.2 Å². The first kappa shape index (κ1) is 15.8. The highest BCUT2D eigenvalue weighted by molar-refractivity contribution is 9.10. The van der Waals surface area contributed by atoms with E-state index in [9.17, 15) is 22.0 Å². The molecule has 2 rings (SSSR count). The second kappa shape index (κ2) is 6.01. The molecule has 0 aromatic heterocycles. The van der Waals surface area contributed by atoms with E-state index in [4.69, 9.17) is 0 Å². The van der Waals surface area contributed by atoms with Crippen LogP contribution in [0.1, 0.15) is 11.1 Å². The highest BCUT2D eigenvalue weighted by Gasteiger charge is 2.31. The maximum atomic E-state index is 13.5. The molecule has 0 saturated heterocycles. The van der Waals surface area contributed by atoms with Crippen molar-refractivity contribution in [3.63, 3.8) is 0 Å². The molecule has 1 N–H and O–H groups in total. The van der Waals surface area contributed by atoms with E-state index in [0.717, 1.165) is 6.07 Å². The third-order valence-corrected chi connectivity index (χ3v) is 3.26. The van der Waals surface area contributed by atoms with Gasteiger partial charge in [-0.2, -0.15) is 13.2 Å². The monoisotopic (exact) mass is 365 g/mol. The summed E-state index contributed by atoms with van der Waals surface area (Å²) in [6.07, 6.45) is -4.56. The van der Waals surface area contributed by atoms with Crippen molar-refractivity contribution in [3.8, 4) is 0 Å². The minimum Gasteiger partial charge on any atom is -0.378 e. The molecule has 0 bridgehead atoms. The fourth-order valence-corrected chi connectivity index (χ4v) is 2.11. The van der Waals surface area contributed by atoms with Gasteiger partial charge in [0.25, 0.3) is 0 Å². The smallest absolute Gasteiger partial charge is 0.378 e. The molecule has 112 valence electrons. The van der Waals surface area contributed by atoms with Crippen LogP contribution in [-0.4, -0.2) is 0 Å². The largest absolute Gasteiger partial charge is 0.416 e. The Morgan fingerprint density at radius 2 is 1.62 bits per heavy atom. The summed E-state index contributed by atoms with van der Waals surface area (Å²) in [5, 5.41) is 2.47. The molecule has 21 heavy (non-hydrogen) atoms. The maximum Gasteiger partial charge on any atom is 0.416 e. The molecule has 7 heteroatoms. The lowest BCUT2D eigenvalue weighted by molar-refractivity contribution is -0.137. The van der Waals surface area contributed by atoms with E-state index in [-0.39, 0.29) is 17.8 Å². The van der Waals surface area contributed by atoms with Crippen LogP contribution in [0.5, 0.6) is 0 Å². The number of hydrogen-bond donors (Lipinski definition) is 1. The highest BCUT2D eigenvalue weighted by atomic mass is 79.9. The zero-order valence-corrected chi connectivity index (χ0v) is 12.0. The molecule has 0 fully saturated rings. The fraction of sp³-hybridized carbons (Fsp3) is 0.143. The number of benzene rings is 2. The predicted octanol–water partition coefficient (Wildman–Crippen LogP) is 5.36. The van der Waals surface area contributed by atoms with Gasteiger partial charge in [-0.05, 0) is 36.4 Å². The summed E-state index contributed by atoms with van der Waals surface area (Å²) in [5.74, 6) is -1.36. The normalized spacial score (nSPS) is 11.5. The first-order valence-electron chi connectivity index (χ1n) is 5.82. The first-order valence-corrected chi connectivity index (χ1v) is 6.61. The van der Waals surface area contributed by atoms with Gasteiger partial charge in [0.15, 0.2) is 0 Å². The number of halogens is 6. The summed E-state index contributed by atoms with van der Waals surface area (Å²) in [7, 11) is 0. The zero-order valence-electron chi connectivity index (χ0n) is 10.4. The second-order valence-corrected chi connectivity index (χ2v) is 5.20. The Morgan fingerprint density at radius 3 is 2.29 bits per heavy atom. The lowest BCUT2D eigenvalue weighted by Gasteiger charge is -2.12. The third kappa shape index (κ3) is 3.93. The van der Waals surface area contributed by atoms with Crippen LogP contribution in [0.25, 0.3) is 0 Å². The van der Waals surface area contributed by atoms with E-state index in [0.29, 0.717) is 16.6 Å². The molecule has 2 aromatic carbocycles. The standard InChI is InChI=1S/C14H9BrF5N/c15-10-2-4-11(16)8(5-10)7-21-13-6-9(14(18,19)20)1-3-12(13)17/h1-6,21H,7H2. The minimum atomic E-state index is -4.56. The maximum absolute atomic E-state index is 13.5. The Labute approximate surface area is 125 Å². The molecule has 2 aromatic rings. The van der Waals surface area contributed by atoms with Crippen molar-refractivity contribution in [1.82, 2.24) is 0 Å². The topological polar surface area (TPSA) is 12.0 Å². The molecule has 0 unspecified atom stereocenters. The Hall–Kier alpha value is -1.63. The van der Waals surface area contributed by atoms with Crippen LogP contribution in [0.2, 0.25) is 0 Å². The van der Waals surface area contributed by atoms with Crippen LogP contribution in [0.15, 0.2) is 40.9 Å². The van der Waals surface area contributed by atoms with Crippen molar-refractivity contribution < 1.29 is 22.0 Å². The molecule has 0 amide bonds. The molecule has 0 atom stereocenters. The average molecular weight is 366 g/mol. The number of rotatable bonds is 3. The van der Waals surface area contributed by atoms with Crippen molar-refractivity contribution in [1.29, 1.82) is 0 Å². The van der Waals surface area contributed by atoms with Gasteiger partial charge in [-0.3, -0.25) is 0 Å². The summed E-state index contributed by atoms with van der Waals surface area (Å²) in [6.45, 7) is -0.135. The van der Waals surface area contributed by atoms with Crippen LogP contribution in [-0.2, 0) is 12.7 Å². The fourth-order valence-electron chi connectivity index (χ4n) is 1.71. The molecule has 0 aliphatic heterocycles. The molecule has 0 saturated carbocycles. The lowest BCUT2D eigenvalue weighted by atomic mass is 10.1. The van der Waals surface area contributed by atoms with E-state index in [1.54, 1.807) is 0 Å². The van der Waals surface area contributed by atoms with E-state index < -0.39 is 23.4 Å². The highest BCUT2D eigenvalue weighted by Crippen LogP contribution is 2.32. The van der Waals surface area contributed by atoms with Crippen molar-refractivity contribution >= 4 is 21.6 Å². The van der Waals surface area contributed by atoms with Gasteiger partial charge in [0.05, 0.1) is 11.3 Å². The van der Waals surface area contributed by atoms with Crippen LogP contribution in [0.4, 0.5) is 27.6 Å². The molecule has 0 radical (unpaired) electrons. The summed E-state index contributed by atoms with van der Waals surface area (Å²) in [4.78, 5) is 0. The minimum absolute atomic E-state index is 0.135. The van der Waals surface area contributed by atoms with Gasteiger partial charge < -0.3 is 5.32 Å². The Morgan fingerprint density at radius 1 is 0.952 bits per heavy atom. The van der Waals surface area contributed by atoms with E-state index in [1.807, 2.05) is 0 Å². The van der Waals surface area contributed by atoms with Gasteiger partial charge >= 0.3 is 6.18 Å². The quantitative estimate of drug-likeness (QED) is 0.722. The molecule has 0 aliphatic rings. The van der Waals surface area contributed by atoms with E-state index >= 15 is 0 Å². The predicted molar refractivity (Wildman–Crippen MR) is 72.8 cm³/mol. The molecular weight excluding hydrogens is 357 g/mol. The number of hydrogen-bond acceptors (Lipinski definition) is 1. The lowest BCUT2D eigenvalue weighted by Crippen LogP contribution is -2.08. The van der Waals surface area contributed by atoms with Crippen molar-refractivity contribution in [2.75, 3.05) is 5.32 Å². The number of anilines is 1. The number of alkyl halides is 3. The third-order valence-electron chi connectivity index (χ3n) is 2.77. The Balaban J connectivity index is 2.22. The summed E-state index contributed by atoms with van der Waals surface area (Å²) < 4.78 is 65.3. The molecule has 0 aliphatic carbocycles. The summed E-state index contributed by atoms with van der Waals surface area (Å²) >= 11 is 3.16. The SMILES string of the molecule is Fc1ccc(Br)cc1CNc1cc(C(F)(F)F)ccc1F. The second-order valence-electron chi connectivity index (χ2n) is 4.28. The molecule has 1 nitrogen and oxygen atoms in total. The average Bonchev–Trinajstić information content (AvgIpc) is 2.40. The van der Waals surface area contributed by atoms with Crippen molar-refractivity contribution in [2.24, 2.45) is 0 Å². The summed E-state index contributed by atoms with van der Waals surface area (Å²) in [5.41, 5.74) is -1.09. The molecular formula is C14H9BrF5N. The van der Waals surface area contributed by atoms with Gasteiger partial charge in [0.1, 0.15) is 11.6 Å². The van der Waals surface area contributed by atoms with Crippen LogP contribution < -0.4 is 5.32 Å². The van der Waals surface area contributed by atoms with Gasteiger partial charge in [-0.1, -0.05) is 15.9 Å². The Bertz CT molecular complexity index is 654. The summed E-state index contributed by atoms with van der Waals surface area (Å²) in [6, 6.07) is 6.20. The van der Waals surface area contributed by atoms with Crippen molar-refractivity contribution in [2.45, 2.75) is 12.7 Å². The zero-order chi connectivity index (χ0) is 15.6. The van der Waals surface area contributed by atoms with Crippen LogP contribution in [0, 0.1) is 11.6 Å². The first-order chi connectivity index (χ1) is 9.77. The van der Waals surface area contributed by atoms with Gasteiger partial charge in [-0.25, -0.2) is 8.78 Å². The molecule has 0 heterocycles. The van der Waals surface area contributed by atoms with Crippen LogP contribution >= 0.6 is 15.9 Å². The van der Waals surface area contributed by atoms with Crippen molar-refractivity contribution in [3.05, 3.63) is 63.6 Å². The van der Waals surface area contributed by atoms with Gasteiger partial charge in [0.2, 0.25) is 0 Å². The van der Waals surface area contributed by atoms with E-state index in [2.05, 4.69) is 21.2 Å². The Kier molecular flexibility index (Phi) is 4.51. The van der Waals surface area contributed by atoms with Gasteiger partial charge in [-0.15, -0.1) is 0 Å². The number of nitrogens with one attached hydrogen (secondary N) is 1. The molecule has 0 spiro atoms.